The van der Waals surface area contributed by atoms with Crippen molar-refractivity contribution in [2.24, 2.45) is 0 Å². The van der Waals surface area contributed by atoms with Crippen molar-refractivity contribution in [1.29, 1.82) is 0 Å². The molecule has 1 unspecified atom stereocenters. The van der Waals surface area contributed by atoms with Crippen LogP contribution < -0.4 is 0 Å². The maximum atomic E-state index is 15.3. The second kappa shape index (κ2) is 10.2. The minimum atomic E-state index is -1.62. The number of halogens is 1. The zero-order valence-corrected chi connectivity index (χ0v) is 23.1. The molecule has 1 aliphatic heterocycles. The standard InChI is InChI=1S/C30H28FN5O3S/c1-4-20-13-26(29(37)35-10-9-27-22(17(35)3)11-16(2)40-27)33-28-14-25(34-36(20)28)21-7-5-18(12-23(21)31)24-8-6-19(15-32-24)30(38)39/h5-8,11-15,17,30,38-39H,4,9-10H2,1-3H3. The van der Waals surface area contributed by atoms with Crippen molar-refractivity contribution in [1.82, 2.24) is 24.5 Å². The van der Waals surface area contributed by atoms with Crippen LogP contribution in [0, 0.1) is 12.7 Å². The summed E-state index contributed by atoms with van der Waals surface area (Å²) in [4.78, 5) is 27.0. The SMILES string of the molecule is CCc1cc(C(=O)N2CCc3sc(C)cc3C2C)nc2cc(-c3ccc(-c4ccc(C(O)O)cn4)cc3F)nn12. The van der Waals surface area contributed by atoms with Gasteiger partial charge in [0.15, 0.2) is 11.9 Å². The second-order valence-corrected chi connectivity index (χ2v) is 11.3. The fourth-order valence-electron chi connectivity index (χ4n) is 5.28. The smallest absolute Gasteiger partial charge is 0.273 e. The fraction of sp³-hybridized carbons (Fsp3) is 0.267. The van der Waals surface area contributed by atoms with E-state index in [9.17, 15) is 15.0 Å². The molecule has 2 N–H and O–H groups in total. The highest BCUT2D eigenvalue weighted by molar-refractivity contribution is 7.12. The molecule has 10 heteroatoms. The summed E-state index contributed by atoms with van der Waals surface area (Å²) in [5.74, 6) is -0.600. The molecule has 5 heterocycles. The normalized spacial score (nSPS) is 15.2. The molecule has 40 heavy (non-hydrogen) atoms. The Morgan fingerprint density at radius 3 is 2.67 bits per heavy atom. The van der Waals surface area contributed by atoms with Crippen molar-refractivity contribution in [3.63, 3.8) is 0 Å². The number of pyridine rings is 1. The Hall–Kier alpha value is -3.99. The molecule has 204 valence electrons. The van der Waals surface area contributed by atoms with Gasteiger partial charge >= 0.3 is 0 Å². The van der Waals surface area contributed by atoms with Gasteiger partial charge in [0.05, 0.1) is 17.4 Å². The molecule has 0 bridgehead atoms. The molecule has 0 spiro atoms. The van der Waals surface area contributed by atoms with Gasteiger partial charge in [-0.3, -0.25) is 9.78 Å². The van der Waals surface area contributed by atoms with Crippen molar-refractivity contribution >= 4 is 22.9 Å². The third-order valence-electron chi connectivity index (χ3n) is 7.43. The quantitative estimate of drug-likeness (QED) is 0.285. The van der Waals surface area contributed by atoms with Crippen LogP contribution >= 0.6 is 11.3 Å². The molecule has 0 saturated carbocycles. The van der Waals surface area contributed by atoms with Crippen molar-refractivity contribution in [3.8, 4) is 22.5 Å². The van der Waals surface area contributed by atoms with E-state index < -0.39 is 12.1 Å². The average Bonchev–Trinajstić information content (AvgIpc) is 3.55. The Morgan fingerprint density at radius 1 is 1.15 bits per heavy atom. The molecule has 0 fully saturated rings. The number of aliphatic hydroxyl groups is 2. The van der Waals surface area contributed by atoms with Crippen LogP contribution in [0.1, 0.15) is 63.2 Å². The molecule has 6 rings (SSSR count). The summed E-state index contributed by atoms with van der Waals surface area (Å²) >= 11 is 1.80. The molecule has 1 atom stereocenters. The van der Waals surface area contributed by atoms with Crippen LogP contribution in [-0.4, -0.2) is 47.1 Å². The first-order chi connectivity index (χ1) is 19.2. The highest BCUT2D eigenvalue weighted by atomic mass is 32.1. The maximum absolute atomic E-state index is 15.3. The molecule has 1 aliphatic rings. The van der Waals surface area contributed by atoms with Gasteiger partial charge in [-0.2, -0.15) is 5.10 Å². The van der Waals surface area contributed by atoms with Crippen molar-refractivity contribution in [2.45, 2.75) is 45.9 Å². The number of carbonyl (C=O) groups excluding carboxylic acids is 1. The average molecular weight is 558 g/mol. The van der Waals surface area contributed by atoms with Gasteiger partial charge in [0.25, 0.3) is 5.91 Å². The number of amides is 1. The van der Waals surface area contributed by atoms with Crippen LogP contribution in [0.2, 0.25) is 0 Å². The van der Waals surface area contributed by atoms with Gasteiger partial charge in [-0.25, -0.2) is 13.9 Å². The summed E-state index contributed by atoms with van der Waals surface area (Å²) in [5, 5.41) is 23.2. The first kappa shape index (κ1) is 26.2. The van der Waals surface area contributed by atoms with Gasteiger partial charge in [0.2, 0.25) is 0 Å². The Balaban J connectivity index is 1.32. The molecule has 8 nitrogen and oxygen atoms in total. The van der Waals surface area contributed by atoms with Crippen LogP contribution in [0.4, 0.5) is 4.39 Å². The summed E-state index contributed by atoms with van der Waals surface area (Å²) in [7, 11) is 0. The summed E-state index contributed by atoms with van der Waals surface area (Å²) in [6.07, 6.45) is 1.18. The Bertz CT molecular complexity index is 1740. The number of thiophene rings is 1. The van der Waals surface area contributed by atoms with Crippen LogP contribution in [0.3, 0.4) is 0 Å². The van der Waals surface area contributed by atoms with E-state index in [2.05, 4.69) is 35.0 Å². The molecule has 1 aromatic carbocycles. The van der Waals surface area contributed by atoms with E-state index in [4.69, 9.17) is 0 Å². The number of aliphatic hydroxyl groups excluding tert-OH is 1. The third kappa shape index (κ3) is 4.57. The molecule has 0 aliphatic carbocycles. The molecular weight excluding hydrogens is 529 g/mol. The lowest BCUT2D eigenvalue weighted by Gasteiger charge is -2.33. The topological polar surface area (TPSA) is 104 Å². The van der Waals surface area contributed by atoms with E-state index in [1.807, 2.05) is 11.8 Å². The number of benzene rings is 1. The minimum Gasteiger partial charge on any atom is -0.364 e. The number of aryl methyl sites for hydroxylation is 2. The largest absolute Gasteiger partial charge is 0.364 e. The summed E-state index contributed by atoms with van der Waals surface area (Å²) < 4.78 is 17.0. The molecule has 0 radical (unpaired) electrons. The van der Waals surface area contributed by atoms with Crippen LogP contribution in [0.15, 0.2) is 54.7 Å². The zero-order valence-electron chi connectivity index (χ0n) is 22.3. The van der Waals surface area contributed by atoms with Gasteiger partial charge in [0, 0.05) is 50.9 Å². The Labute approximate surface area is 234 Å². The molecular formula is C30H28FN5O3S. The lowest BCUT2D eigenvalue weighted by Crippen LogP contribution is -2.38. The van der Waals surface area contributed by atoms with Crippen LogP contribution in [0.5, 0.6) is 0 Å². The number of hydrogen-bond acceptors (Lipinski definition) is 7. The van der Waals surface area contributed by atoms with Crippen molar-refractivity contribution in [2.75, 3.05) is 6.54 Å². The predicted octanol–water partition coefficient (Wildman–Crippen LogP) is 5.27. The molecule has 1 amide bonds. The Morgan fingerprint density at radius 2 is 1.98 bits per heavy atom. The predicted molar refractivity (Wildman–Crippen MR) is 150 cm³/mol. The fourth-order valence-corrected chi connectivity index (χ4v) is 6.40. The number of rotatable bonds is 5. The highest BCUT2D eigenvalue weighted by Crippen LogP contribution is 2.36. The summed E-state index contributed by atoms with van der Waals surface area (Å²) in [6.45, 7) is 6.78. The van der Waals surface area contributed by atoms with E-state index in [-0.39, 0.29) is 17.5 Å². The first-order valence-corrected chi connectivity index (χ1v) is 14.0. The van der Waals surface area contributed by atoms with Gasteiger partial charge in [-0.1, -0.05) is 19.1 Å². The van der Waals surface area contributed by atoms with E-state index >= 15 is 4.39 Å². The zero-order chi connectivity index (χ0) is 28.1. The lowest BCUT2D eigenvalue weighted by atomic mass is 10.0. The van der Waals surface area contributed by atoms with Gasteiger partial charge in [-0.15, -0.1) is 11.3 Å². The Kier molecular flexibility index (Phi) is 6.69. The van der Waals surface area contributed by atoms with E-state index in [0.29, 0.717) is 46.8 Å². The van der Waals surface area contributed by atoms with Crippen LogP contribution in [0.25, 0.3) is 28.2 Å². The van der Waals surface area contributed by atoms with Crippen molar-refractivity contribution in [3.05, 3.63) is 92.8 Å². The lowest BCUT2D eigenvalue weighted by molar-refractivity contribution is -0.0427. The van der Waals surface area contributed by atoms with Crippen molar-refractivity contribution < 1.29 is 19.4 Å². The van der Waals surface area contributed by atoms with E-state index in [1.165, 1.54) is 33.6 Å². The number of carbonyl (C=O) groups is 1. The van der Waals surface area contributed by atoms with Gasteiger partial charge in [0.1, 0.15) is 11.5 Å². The minimum absolute atomic E-state index is 0.0308. The summed E-state index contributed by atoms with van der Waals surface area (Å²) in [5.41, 5.74) is 4.87. The number of fused-ring (bicyclic) bond motifs is 2. The number of aromatic nitrogens is 4. The van der Waals surface area contributed by atoms with Crippen LogP contribution in [-0.2, 0) is 12.8 Å². The van der Waals surface area contributed by atoms with Gasteiger partial charge in [-0.05, 0) is 62.6 Å². The summed E-state index contributed by atoms with van der Waals surface area (Å²) in [6, 6.07) is 13.5. The molecule has 5 aromatic rings. The monoisotopic (exact) mass is 557 g/mol. The molecule has 4 aromatic heterocycles. The second-order valence-electron chi connectivity index (χ2n) is 9.99. The van der Waals surface area contributed by atoms with E-state index in [1.54, 1.807) is 46.2 Å². The van der Waals surface area contributed by atoms with E-state index in [0.717, 1.165) is 12.1 Å². The number of hydrogen-bond donors (Lipinski definition) is 2. The third-order valence-corrected chi connectivity index (χ3v) is 8.56. The number of nitrogens with zero attached hydrogens (tertiary/aromatic N) is 5. The highest BCUT2D eigenvalue weighted by Gasteiger charge is 2.31. The first-order valence-electron chi connectivity index (χ1n) is 13.2. The van der Waals surface area contributed by atoms with Gasteiger partial charge < -0.3 is 15.1 Å². The maximum Gasteiger partial charge on any atom is 0.273 e. The molecule has 0 saturated heterocycles.